The van der Waals surface area contributed by atoms with Crippen LogP contribution in [-0.2, 0) is 11.2 Å². The molecule has 1 aliphatic rings. The summed E-state index contributed by atoms with van der Waals surface area (Å²) in [5.41, 5.74) is 1.58. The first-order valence-electron chi connectivity index (χ1n) is 6.91. The van der Waals surface area contributed by atoms with Crippen molar-refractivity contribution < 1.29 is 14.7 Å². The minimum atomic E-state index is -0.913. The van der Waals surface area contributed by atoms with E-state index in [2.05, 4.69) is 5.32 Å². The average Bonchev–Trinajstić information content (AvgIpc) is 2.94. The minimum Gasteiger partial charge on any atom is -0.480 e. The zero-order valence-electron chi connectivity index (χ0n) is 11.6. The fourth-order valence-electron chi connectivity index (χ4n) is 2.63. The van der Waals surface area contributed by atoms with Gasteiger partial charge in [-0.25, -0.2) is 4.79 Å². The lowest BCUT2D eigenvalue weighted by atomic mass is 10.0. The predicted molar refractivity (Wildman–Crippen MR) is 75.8 cm³/mol. The third kappa shape index (κ3) is 2.99. The van der Waals surface area contributed by atoms with E-state index in [1.54, 1.807) is 6.07 Å². The maximum Gasteiger partial charge on any atom is 0.326 e. The molecule has 2 N–H and O–H groups in total. The van der Waals surface area contributed by atoms with Crippen LogP contribution in [0.15, 0.2) is 24.3 Å². The highest BCUT2D eigenvalue weighted by molar-refractivity contribution is 5.98. The fourth-order valence-corrected chi connectivity index (χ4v) is 2.63. The topological polar surface area (TPSA) is 69.6 Å². The third-order valence-corrected chi connectivity index (χ3v) is 3.69. The van der Waals surface area contributed by atoms with E-state index in [0.29, 0.717) is 18.5 Å². The van der Waals surface area contributed by atoms with Gasteiger partial charge in [0.2, 0.25) is 0 Å². The van der Waals surface area contributed by atoms with Crippen LogP contribution in [0.1, 0.15) is 28.8 Å². The summed E-state index contributed by atoms with van der Waals surface area (Å²) in [7, 11) is 1.87. The van der Waals surface area contributed by atoms with Crippen molar-refractivity contribution in [2.75, 3.05) is 20.1 Å². The van der Waals surface area contributed by atoms with Crippen LogP contribution in [0.2, 0.25) is 0 Å². The molecule has 1 amide bonds. The minimum absolute atomic E-state index is 0.165. The van der Waals surface area contributed by atoms with Gasteiger partial charge in [0.15, 0.2) is 0 Å². The van der Waals surface area contributed by atoms with Crippen molar-refractivity contribution >= 4 is 11.9 Å². The summed E-state index contributed by atoms with van der Waals surface area (Å²) in [6.07, 6.45) is 2.05. The normalized spacial score (nSPS) is 18.2. The highest BCUT2D eigenvalue weighted by Crippen LogP contribution is 2.22. The van der Waals surface area contributed by atoms with Crippen molar-refractivity contribution in [1.29, 1.82) is 0 Å². The standard InChI is InChI=1S/C15H20N2O3/c1-16-9-8-11-5-2-3-6-12(11)14(18)17-10-4-7-13(17)15(19)20/h2-3,5-6,13,16H,4,7-10H2,1H3,(H,19,20)/t13-/m1/s1. The first kappa shape index (κ1) is 14.5. The highest BCUT2D eigenvalue weighted by Gasteiger charge is 2.34. The Labute approximate surface area is 118 Å². The fraction of sp³-hybridized carbons (Fsp3) is 0.467. The van der Waals surface area contributed by atoms with Gasteiger partial charge in [-0.05, 0) is 44.5 Å². The number of carboxylic acid groups (broad SMARTS) is 1. The van der Waals surface area contributed by atoms with E-state index < -0.39 is 12.0 Å². The summed E-state index contributed by atoms with van der Waals surface area (Å²) in [6, 6.07) is 6.75. The molecule has 1 saturated heterocycles. The summed E-state index contributed by atoms with van der Waals surface area (Å²) < 4.78 is 0. The maximum atomic E-state index is 12.6. The molecular weight excluding hydrogens is 256 g/mol. The molecule has 1 atom stereocenters. The number of carbonyl (C=O) groups excluding carboxylic acids is 1. The molecule has 0 saturated carbocycles. The van der Waals surface area contributed by atoms with Crippen LogP contribution in [0.4, 0.5) is 0 Å². The van der Waals surface area contributed by atoms with Gasteiger partial charge in [-0.15, -0.1) is 0 Å². The second-order valence-electron chi connectivity index (χ2n) is 5.01. The Morgan fingerprint density at radius 2 is 2.15 bits per heavy atom. The lowest BCUT2D eigenvalue weighted by molar-refractivity contribution is -0.141. The van der Waals surface area contributed by atoms with Gasteiger partial charge in [0.05, 0.1) is 0 Å². The van der Waals surface area contributed by atoms with Gasteiger partial charge < -0.3 is 15.3 Å². The zero-order valence-corrected chi connectivity index (χ0v) is 11.6. The van der Waals surface area contributed by atoms with Crippen molar-refractivity contribution in [1.82, 2.24) is 10.2 Å². The average molecular weight is 276 g/mol. The van der Waals surface area contributed by atoms with Gasteiger partial charge in [-0.1, -0.05) is 18.2 Å². The molecule has 0 spiro atoms. The molecule has 0 aromatic heterocycles. The highest BCUT2D eigenvalue weighted by atomic mass is 16.4. The monoisotopic (exact) mass is 276 g/mol. The number of likely N-dealkylation sites (tertiary alicyclic amines) is 1. The van der Waals surface area contributed by atoms with Crippen molar-refractivity contribution in [3.63, 3.8) is 0 Å². The van der Waals surface area contributed by atoms with Crippen molar-refractivity contribution in [3.05, 3.63) is 35.4 Å². The second-order valence-corrected chi connectivity index (χ2v) is 5.01. The number of benzene rings is 1. The van der Waals surface area contributed by atoms with E-state index in [9.17, 15) is 14.7 Å². The van der Waals surface area contributed by atoms with E-state index in [0.717, 1.165) is 24.9 Å². The second kappa shape index (κ2) is 6.52. The lowest BCUT2D eigenvalue weighted by Gasteiger charge is -2.22. The molecule has 0 bridgehead atoms. The SMILES string of the molecule is CNCCc1ccccc1C(=O)N1CCC[C@@H]1C(=O)O. The maximum absolute atomic E-state index is 12.6. The molecule has 20 heavy (non-hydrogen) atoms. The molecule has 1 aromatic rings. The summed E-state index contributed by atoms with van der Waals surface area (Å²) >= 11 is 0. The summed E-state index contributed by atoms with van der Waals surface area (Å²) in [5.74, 6) is -1.08. The third-order valence-electron chi connectivity index (χ3n) is 3.69. The molecule has 1 aliphatic heterocycles. The summed E-state index contributed by atoms with van der Waals surface area (Å²) in [6.45, 7) is 1.31. The summed E-state index contributed by atoms with van der Waals surface area (Å²) in [5, 5.41) is 12.2. The lowest BCUT2D eigenvalue weighted by Crippen LogP contribution is -2.40. The van der Waals surface area contributed by atoms with Crippen LogP contribution in [-0.4, -0.2) is 48.1 Å². The first-order chi connectivity index (χ1) is 9.65. The van der Waals surface area contributed by atoms with Gasteiger partial charge in [-0.3, -0.25) is 4.79 Å². The van der Waals surface area contributed by atoms with Gasteiger partial charge >= 0.3 is 5.97 Å². The molecule has 1 heterocycles. The van der Waals surface area contributed by atoms with Crippen LogP contribution >= 0.6 is 0 Å². The number of carboxylic acids is 1. The Balaban J connectivity index is 2.22. The smallest absolute Gasteiger partial charge is 0.326 e. The summed E-state index contributed by atoms with van der Waals surface area (Å²) in [4.78, 5) is 25.3. The first-order valence-corrected chi connectivity index (χ1v) is 6.91. The molecule has 0 aliphatic carbocycles. The van der Waals surface area contributed by atoms with Gasteiger partial charge in [0, 0.05) is 12.1 Å². The molecule has 5 nitrogen and oxygen atoms in total. The van der Waals surface area contributed by atoms with E-state index >= 15 is 0 Å². The molecule has 1 aromatic carbocycles. The van der Waals surface area contributed by atoms with Gasteiger partial charge in [-0.2, -0.15) is 0 Å². The number of hydrogen-bond acceptors (Lipinski definition) is 3. The number of likely N-dealkylation sites (N-methyl/N-ethyl adjacent to an activating group) is 1. The Bertz CT molecular complexity index is 502. The molecule has 108 valence electrons. The van der Waals surface area contributed by atoms with E-state index in [1.807, 2.05) is 25.2 Å². The van der Waals surface area contributed by atoms with Crippen molar-refractivity contribution in [2.24, 2.45) is 0 Å². The predicted octanol–water partition coefficient (Wildman–Crippen LogP) is 1.14. The Morgan fingerprint density at radius 1 is 1.40 bits per heavy atom. The quantitative estimate of drug-likeness (QED) is 0.846. The Morgan fingerprint density at radius 3 is 2.85 bits per heavy atom. The molecule has 5 heteroatoms. The van der Waals surface area contributed by atoms with Gasteiger partial charge in [0.25, 0.3) is 5.91 Å². The largest absolute Gasteiger partial charge is 0.480 e. The Kier molecular flexibility index (Phi) is 4.74. The zero-order chi connectivity index (χ0) is 14.5. The molecule has 1 fully saturated rings. The van der Waals surface area contributed by atoms with Crippen LogP contribution in [0, 0.1) is 0 Å². The van der Waals surface area contributed by atoms with E-state index in [1.165, 1.54) is 4.90 Å². The number of nitrogens with one attached hydrogen (secondary N) is 1. The number of hydrogen-bond donors (Lipinski definition) is 2. The van der Waals surface area contributed by atoms with Crippen LogP contribution < -0.4 is 5.32 Å². The van der Waals surface area contributed by atoms with Crippen LogP contribution in [0.25, 0.3) is 0 Å². The molecule has 0 unspecified atom stereocenters. The van der Waals surface area contributed by atoms with Crippen LogP contribution in [0.3, 0.4) is 0 Å². The number of carbonyl (C=O) groups is 2. The van der Waals surface area contributed by atoms with Crippen molar-refractivity contribution in [2.45, 2.75) is 25.3 Å². The number of rotatable bonds is 5. The molecule has 0 radical (unpaired) electrons. The Hall–Kier alpha value is -1.88. The molecule has 2 rings (SSSR count). The van der Waals surface area contributed by atoms with E-state index in [4.69, 9.17) is 0 Å². The van der Waals surface area contributed by atoms with E-state index in [-0.39, 0.29) is 5.91 Å². The molecular formula is C15H20N2O3. The van der Waals surface area contributed by atoms with Crippen molar-refractivity contribution in [3.8, 4) is 0 Å². The number of amides is 1. The number of aliphatic carboxylic acids is 1. The van der Waals surface area contributed by atoms with Crippen LogP contribution in [0.5, 0.6) is 0 Å². The van der Waals surface area contributed by atoms with Gasteiger partial charge in [0.1, 0.15) is 6.04 Å². The number of nitrogens with zero attached hydrogens (tertiary/aromatic N) is 1.